The quantitative estimate of drug-likeness (QED) is 0.147. The molecule has 0 bridgehead atoms. The van der Waals surface area contributed by atoms with Gasteiger partial charge in [-0.3, -0.25) is 9.52 Å². The molecule has 2 rings (SSSR count). The van der Waals surface area contributed by atoms with Gasteiger partial charge in [-0.2, -0.15) is 13.4 Å². The molecule has 1 aromatic carbocycles. The fraction of sp³-hybridized carbons (Fsp3) is 0.200. The summed E-state index contributed by atoms with van der Waals surface area (Å²) in [4.78, 5) is 31.6. The van der Waals surface area contributed by atoms with Crippen molar-refractivity contribution in [3.8, 4) is 11.6 Å². The van der Waals surface area contributed by atoms with Gasteiger partial charge in [-0.15, -0.1) is 11.6 Å². The molecule has 0 saturated heterocycles. The largest absolute Gasteiger partial charge is 1.00 e. The van der Waals surface area contributed by atoms with Crippen LogP contribution in [0, 0.1) is 3.70 Å². The van der Waals surface area contributed by atoms with E-state index in [1.807, 2.05) is 22.6 Å². The van der Waals surface area contributed by atoms with Crippen molar-refractivity contribution in [1.29, 1.82) is 0 Å². The van der Waals surface area contributed by atoms with E-state index < -0.39 is 22.3 Å². The number of nitrogens with zero attached hydrogens (tertiary/aromatic N) is 3. The number of carbonyl (C=O) groups is 2. The monoisotopic (exact) mass is 578 g/mol. The zero-order valence-corrected chi connectivity index (χ0v) is 21.4. The molecule has 2 amide bonds. The number of urea groups is 1. The van der Waals surface area contributed by atoms with Gasteiger partial charge in [0.1, 0.15) is 21.8 Å². The zero-order valence-electron chi connectivity index (χ0n) is 15.7. The molecule has 0 radical (unpaired) electrons. The Morgan fingerprint density at radius 2 is 1.97 bits per heavy atom. The van der Waals surface area contributed by atoms with Crippen molar-refractivity contribution in [3.05, 3.63) is 44.3 Å². The third kappa shape index (κ3) is 8.39. The third-order valence-electron chi connectivity index (χ3n) is 2.91. The van der Waals surface area contributed by atoms with Gasteiger partial charge in [0.05, 0.1) is 13.0 Å². The van der Waals surface area contributed by atoms with Gasteiger partial charge in [-0.25, -0.2) is 9.78 Å². The predicted octanol–water partition coefficient (Wildman–Crippen LogP) is -0.281. The first kappa shape index (κ1) is 26.6. The Bertz CT molecular complexity index is 1010. The van der Waals surface area contributed by atoms with Crippen molar-refractivity contribution in [3.63, 3.8) is 0 Å². The van der Waals surface area contributed by atoms with Crippen molar-refractivity contribution in [1.82, 2.24) is 9.97 Å². The number of benzene rings is 1. The first-order valence-corrected chi connectivity index (χ1v) is 10.6. The molecule has 0 spiro atoms. The Morgan fingerprint density at radius 3 is 2.63 bits per heavy atom. The first-order chi connectivity index (χ1) is 13.7. The van der Waals surface area contributed by atoms with E-state index in [9.17, 15) is 18.0 Å². The van der Waals surface area contributed by atoms with Crippen LogP contribution in [0.25, 0.3) is 4.72 Å². The molecule has 0 aliphatic rings. The maximum atomic E-state index is 12.1. The van der Waals surface area contributed by atoms with Gasteiger partial charge in [0.25, 0.3) is 0 Å². The summed E-state index contributed by atoms with van der Waals surface area (Å²) in [5, 5.41) is 2.09. The summed E-state index contributed by atoms with van der Waals surface area (Å²) in [6, 6.07) is 5.57. The summed E-state index contributed by atoms with van der Waals surface area (Å²) in [7, 11) is -3.40. The second-order valence-electron chi connectivity index (χ2n) is 4.91. The van der Waals surface area contributed by atoms with Crippen molar-refractivity contribution < 1.29 is 61.2 Å². The second kappa shape index (κ2) is 12.5. The van der Waals surface area contributed by atoms with E-state index >= 15 is 0 Å². The van der Waals surface area contributed by atoms with Crippen LogP contribution in [0.1, 0.15) is 10.4 Å². The Morgan fingerprint density at radius 1 is 1.27 bits per heavy atom. The molecule has 156 valence electrons. The summed E-state index contributed by atoms with van der Waals surface area (Å²) >= 11 is 7.31. The fourth-order valence-corrected chi connectivity index (χ4v) is 3.06. The van der Waals surface area contributed by atoms with E-state index in [0.29, 0.717) is 3.70 Å². The van der Waals surface area contributed by atoms with E-state index in [-0.39, 0.29) is 65.2 Å². The summed E-state index contributed by atoms with van der Waals surface area (Å²) in [5.41, 5.74) is -0.178. The number of nitrogens with one attached hydrogen (secondary N) is 1. The van der Waals surface area contributed by atoms with Crippen LogP contribution in [0.4, 0.5) is 10.7 Å². The summed E-state index contributed by atoms with van der Waals surface area (Å²) < 4.78 is 42.1. The number of methoxy groups -OCH3 is 1. The average Bonchev–Trinajstić information content (AvgIpc) is 2.65. The van der Waals surface area contributed by atoms with Gasteiger partial charge >= 0.3 is 45.8 Å². The van der Waals surface area contributed by atoms with Gasteiger partial charge in [-0.05, 0) is 34.7 Å². The van der Waals surface area contributed by atoms with E-state index in [0.717, 1.165) is 0 Å². The minimum atomic E-state index is -4.77. The molecule has 15 heteroatoms. The molecule has 1 aromatic heterocycles. The SMILES string of the molecule is COc1cc(I)nc(NC(=O)[N-]S(=O)(=O)Oc2ccccc2C(=O)OCCCl)n1.[Na+]. The molecule has 0 fully saturated rings. The summed E-state index contributed by atoms with van der Waals surface area (Å²) in [5.74, 6) is -1.21. The van der Waals surface area contributed by atoms with Crippen LogP contribution in [-0.4, -0.2) is 50.0 Å². The van der Waals surface area contributed by atoms with Crippen LogP contribution in [0.3, 0.4) is 0 Å². The van der Waals surface area contributed by atoms with Gasteiger partial charge in [0.15, 0.2) is 11.8 Å². The number of rotatable bonds is 8. The zero-order chi connectivity index (χ0) is 21.4. The minimum absolute atomic E-state index is 0. The number of carbonyl (C=O) groups excluding carboxylic acids is 2. The number of hydrogen-bond acceptors (Lipinski definition) is 9. The molecule has 2 aromatic rings. The molecule has 1 heterocycles. The van der Waals surface area contributed by atoms with Gasteiger partial charge in [-0.1, -0.05) is 12.1 Å². The number of amides is 2. The third-order valence-corrected chi connectivity index (χ3v) is 4.39. The Kier molecular flexibility index (Phi) is 11.1. The van der Waals surface area contributed by atoms with Crippen LogP contribution >= 0.6 is 34.2 Å². The summed E-state index contributed by atoms with van der Waals surface area (Å²) in [6.45, 7) is -0.0758. The van der Waals surface area contributed by atoms with Crippen molar-refractivity contribution >= 4 is 62.4 Å². The van der Waals surface area contributed by atoms with E-state index in [1.54, 1.807) is 0 Å². The van der Waals surface area contributed by atoms with Crippen LogP contribution in [0.15, 0.2) is 30.3 Å². The maximum Gasteiger partial charge on any atom is 1.00 e. The van der Waals surface area contributed by atoms with Crippen LogP contribution in [0.2, 0.25) is 0 Å². The first-order valence-electron chi connectivity index (χ1n) is 7.63. The number of ether oxygens (including phenoxy) is 2. The summed E-state index contributed by atoms with van der Waals surface area (Å²) in [6.07, 6.45) is 0. The van der Waals surface area contributed by atoms with E-state index in [1.165, 1.54) is 37.4 Å². The molecule has 0 aliphatic carbocycles. The Hall–Kier alpha value is -1.39. The minimum Gasteiger partial charge on any atom is -0.481 e. The molecular formula is C15H13ClIN4NaO7S. The molecule has 0 unspecified atom stereocenters. The molecule has 0 aliphatic heterocycles. The van der Waals surface area contributed by atoms with E-state index in [2.05, 4.69) is 20.0 Å². The maximum absolute atomic E-state index is 12.1. The predicted molar refractivity (Wildman–Crippen MR) is 111 cm³/mol. The number of aromatic nitrogens is 2. The number of anilines is 1. The Labute approximate surface area is 212 Å². The van der Waals surface area contributed by atoms with Crippen molar-refractivity contribution in [2.24, 2.45) is 0 Å². The number of alkyl halides is 1. The Balaban J connectivity index is 0.00000450. The number of para-hydroxylation sites is 1. The smallest absolute Gasteiger partial charge is 0.481 e. The van der Waals surface area contributed by atoms with Gasteiger partial charge in [0, 0.05) is 6.07 Å². The van der Waals surface area contributed by atoms with Gasteiger partial charge < -0.3 is 19.0 Å². The normalized spacial score (nSPS) is 10.4. The standard InChI is InChI=1S/C15H14ClIN4O7S.Na/c1-26-12-8-11(17)18-14(19-12)20-15(23)21-29(24,25)28-10-5-3-2-4-9(10)13(22)27-7-6-16;/h2-5,8H,6-7H2,1H3,(H2,18,19,20,21,23);/q;+1/p-1. The number of halogens is 2. The second-order valence-corrected chi connectivity index (χ2v) is 7.60. The average molecular weight is 579 g/mol. The fourth-order valence-electron chi connectivity index (χ4n) is 1.83. The van der Waals surface area contributed by atoms with Crippen molar-refractivity contribution in [2.75, 3.05) is 24.9 Å². The molecule has 30 heavy (non-hydrogen) atoms. The number of esters is 1. The van der Waals surface area contributed by atoms with Crippen LogP contribution in [0.5, 0.6) is 11.6 Å². The number of hydrogen-bond donors (Lipinski definition) is 1. The topological polar surface area (TPSA) is 148 Å². The molecule has 11 nitrogen and oxygen atoms in total. The molecule has 0 saturated carbocycles. The molecule has 1 N–H and O–H groups in total. The van der Waals surface area contributed by atoms with E-state index in [4.69, 9.17) is 25.3 Å². The molecule has 0 atom stereocenters. The molecular weight excluding hydrogens is 566 g/mol. The van der Waals surface area contributed by atoms with Crippen LogP contribution < -0.4 is 43.8 Å². The van der Waals surface area contributed by atoms with Gasteiger partial charge in [0.2, 0.25) is 5.88 Å². The van der Waals surface area contributed by atoms with Crippen molar-refractivity contribution in [2.45, 2.75) is 0 Å². The van der Waals surface area contributed by atoms with Crippen LogP contribution in [-0.2, 0) is 15.0 Å².